The molecule has 0 aliphatic rings. The SMILES string of the molecule is CCCCCC/C=C\CCCC(=O)OCC(COC(=O)CCCCCCCCCCCCCCCCCCCC)OC(=O)CCCCCCCCCCCCCCCC. The Balaban J connectivity index is 4.25. The van der Waals surface area contributed by atoms with E-state index in [0.29, 0.717) is 19.3 Å². The van der Waals surface area contributed by atoms with E-state index in [9.17, 15) is 14.4 Å². The van der Waals surface area contributed by atoms with Crippen LogP contribution in [0.3, 0.4) is 0 Å². The highest BCUT2D eigenvalue weighted by atomic mass is 16.6. The summed E-state index contributed by atoms with van der Waals surface area (Å²) < 4.78 is 16.7. The van der Waals surface area contributed by atoms with Crippen molar-refractivity contribution >= 4 is 17.9 Å². The van der Waals surface area contributed by atoms with E-state index in [0.717, 1.165) is 57.8 Å². The second-order valence-corrected chi connectivity index (χ2v) is 17.8. The molecule has 0 aromatic heterocycles. The normalized spacial score (nSPS) is 12.0. The van der Waals surface area contributed by atoms with Gasteiger partial charge in [-0.3, -0.25) is 14.4 Å². The molecule has 1 atom stereocenters. The van der Waals surface area contributed by atoms with Gasteiger partial charge in [-0.2, -0.15) is 0 Å². The van der Waals surface area contributed by atoms with Gasteiger partial charge in [-0.1, -0.05) is 245 Å². The van der Waals surface area contributed by atoms with E-state index >= 15 is 0 Å². The van der Waals surface area contributed by atoms with Crippen molar-refractivity contribution in [2.75, 3.05) is 13.2 Å². The van der Waals surface area contributed by atoms with Crippen molar-refractivity contribution in [2.45, 2.75) is 297 Å². The average Bonchev–Trinajstić information content (AvgIpc) is 3.23. The van der Waals surface area contributed by atoms with Crippen LogP contribution in [-0.2, 0) is 28.6 Å². The molecule has 0 saturated heterocycles. The van der Waals surface area contributed by atoms with Crippen molar-refractivity contribution < 1.29 is 28.6 Å². The number of hydrogen-bond acceptors (Lipinski definition) is 6. The van der Waals surface area contributed by atoms with E-state index in [1.54, 1.807) is 0 Å². The topological polar surface area (TPSA) is 78.9 Å². The number of allylic oxidation sites excluding steroid dienone is 2. The minimum atomic E-state index is -0.773. The van der Waals surface area contributed by atoms with Crippen LogP contribution in [0.5, 0.6) is 0 Å². The van der Waals surface area contributed by atoms with Crippen LogP contribution in [0.25, 0.3) is 0 Å². The molecule has 0 saturated carbocycles. The first-order chi connectivity index (χ1) is 29.0. The van der Waals surface area contributed by atoms with Crippen LogP contribution in [0.1, 0.15) is 290 Å². The molecule has 0 bridgehead atoms. The van der Waals surface area contributed by atoms with Gasteiger partial charge in [0.1, 0.15) is 13.2 Å². The molecule has 0 fully saturated rings. The fourth-order valence-electron chi connectivity index (χ4n) is 7.80. The van der Waals surface area contributed by atoms with Gasteiger partial charge in [-0.05, 0) is 38.5 Å². The summed E-state index contributed by atoms with van der Waals surface area (Å²) in [6, 6.07) is 0. The lowest BCUT2D eigenvalue weighted by Gasteiger charge is -2.18. The van der Waals surface area contributed by atoms with Crippen LogP contribution in [0.15, 0.2) is 12.2 Å². The Morgan fingerprint density at radius 1 is 0.322 bits per heavy atom. The molecular formula is C53H100O6. The van der Waals surface area contributed by atoms with Crippen molar-refractivity contribution in [2.24, 2.45) is 0 Å². The van der Waals surface area contributed by atoms with Gasteiger partial charge in [0.05, 0.1) is 0 Å². The van der Waals surface area contributed by atoms with Crippen LogP contribution >= 0.6 is 0 Å². The Hall–Kier alpha value is -1.85. The Bertz CT molecular complexity index is 916. The van der Waals surface area contributed by atoms with E-state index < -0.39 is 6.10 Å². The molecule has 0 aromatic carbocycles. The predicted molar refractivity (Wildman–Crippen MR) is 252 cm³/mol. The Labute approximate surface area is 367 Å². The highest BCUT2D eigenvalue weighted by Crippen LogP contribution is 2.17. The fourth-order valence-corrected chi connectivity index (χ4v) is 7.80. The molecule has 0 N–H and O–H groups in total. The van der Waals surface area contributed by atoms with Gasteiger partial charge in [-0.15, -0.1) is 0 Å². The van der Waals surface area contributed by atoms with Crippen LogP contribution in [0.4, 0.5) is 0 Å². The zero-order chi connectivity index (χ0) is 43.0. The maximum absolute atomic E-state index is 12.8. The molecule has 59 heavy (non-hydrogen) atoms. The lowest BCUT2D eigenvalue weighted by molar-refractivity contribution is -0.167. The Kier molecular flexibility index (Phi) is 47.3. The zero-order valence-corrected chi connectivity index (χ0v) is 39.8. The maximum atomic E-state index is 12.8. The minimum absolute atomic E-state index is 0.0730. The largest absolute Gasteiger partial charge is 0.462 e. The minimum Gasteiger partial charge on any atom is -0.462 e. The summed E-state index contributed by atoms with van der Waals surface area (Å²) in [7, 11) is 0. The molecule has 0 aliphatic carbocycles. The first-order valence-corrected chi connectivity index (χ1v) is 26.2. The molecule has 0 aliphatic heterocycles. The van der Waals surface area contributed by atoms with Gasteiger partial charge in [0.2, 0.25) is 0 Å². The Morgan fingerprint density at radius 3 is 0.915 bits per heavy atom. The summed E-state index contributed by atoms with van der Waals surface area (Å²) >= 11 is 0. The molecule has 0 heterocycles. The third-order valence-corrected chi connectivity index (χ3v) is 11.8. The second kappa shape index (κ2) is 48.8. The van der Waals surface area contributed by atoms with Crippen LogP contribution < -0.4 is 0 Å². The van der Waals surface area contributed by atoms with Crippen LogP contribution in [0, 0.1) is 0 Å². The smallest absolute Gasteiger partial charge is 0.306 e. The van der Waals surface area contributed by atoms with Gasteiger partial charge in [0, 0.05) is 19.3 Å². The van der Waals surface area contributed by atoms with Gasteiger partial charge in [0.15, 0.2) is 6.10 Å². The molecule has 0 spiro atoms. The number of hydrogen-bond donors (Lipinski definition) is 0. The predicted octanol–water partition coefficient (Wildman–Crippen LogP) is 17.0. The van der Waals surface area contributed by atoms with E-state index in [2.05, 4.69) is 32.9 Å². The molecule has 6 nitrogen and oxygen atoms in total. The second-order valence-electron chi connectivity index (χ2n) is 17.8. The molecular weight excluding hydrogens is 733 g/mol. The van der Waals surface area contributed by atoms with Crippen molar-refractivity contribution in [3.8, 4) is 0 Å². The Morgan fingerprint density at radius 2 is 0.576 bits per heavy atom. The molecule has 348 valence electrons. The first kappa shape index (κ1) is 57.1. The summed E-state index contributed by atoms with van der Waals surface area (Å²) in [6.07, 6.45) is 53.5. The molecule has 1 unspecified atom stereocenters. The molecule has 6 heteroatoms. The van der Waals surface area contributed by atoms with Gasteiger partial charge >= 0.3 is 17.9 Å². The summed E-state index contributed by atoms with van der Waals surface area (Å²) in [5.41, 5.74) is 0. The summed E-state index contributed by atoms with van der Waals surface area (Å²) in [5.74, 6) is -0.893. The van der Waals surface area contributed by atoms with Crippen molar-refractivity contribution in [1.82, 2.24) is 0 Å². The van der Waals surface area contributed by atoms with Crippen LogP contribution in [0.2, 0.25) is 0 Å². The van der Waals surface area contributed by atoms with Gasteiger partial charge in [-0.25, -0.2) is 0 Å². The summed E-state index contributed by atoms with van der Waals surface area (Å²) in [6.45, 7) is 6.62. The fraction of sp³-hybridized carbons (Fsp3) is 0.906. The number of rotatable bonds is 48. The maximum Gasteiger partial charge on any atom is 0.306 e. The summed E-state index contributed by atoms with van der Waals surface area (Å²) in [4.78, 5) is 37.8. The third-order valence-electron chi connectivity index (χ3n) is 11.8. The van der Waals surface area contributed by atoms with E-state index in [1.807, 2.05) is 0 Å². The monoisotopic (exact) mass is 833 g/mol. The quantitative estimate of drug-likeness (QED) is 0.0263. The van der Waals surface area contributed by atoms with Gasteiger partial charge in [0.25, 0.3) is 0 Å². The van der Waals surface area contributed by atoms with Crippen molar-refractivity contribution in [1.29, 1.82) is 0 Å². The lowest BCUT2D eigenvalue weighted by Crippen LogP contribution is -2.30. The van der Waals surface area contributed by atoms with E-state index in [-0.39, 0.29) is 31.1 Å². The molecule has 0 aromatic rings. The van der Waals surface area contributed by atoms with Crippen LogP contribution in [-0.4, -0.2) is 37.2 Å². The zero-order valence-electron chi connectivity index (χ0n) is 39.8. The number of unbranched alkanes of at least 4 members (excludes halogenated alkanes) is 35. The number of ether oxygens (including phenoxy) is 3. The molecule has 0 rings (SSSR count). The number of carbonyl (C=O) groups excluding carboxylic acids is 3. The standard InChI is InChI=1S/C53H100O6/c1-4-7-10-13-16-19-21-23-25-26-27-28-30-31-34-37-40-43-46-52(55)58-49-50(48-57-51(54)45-42-39-36-33-18-15-12-9-6-3)59-53(56)47-44-41-38-35-32-29-24-22-20-17-14-11-8-5-2/h33,36,50H,4-32,34-35,37-49H2,1-3H3/b36-33-. The number of carbonyl (C=O) groups is 3. The number of esters is 3. The van der Waals surface area contributed by atoms with E-state index in [4.69, 9.17) is 14.2 Å². The summed E-state index contributed by atoms with van der Waals surface area (Å²) in [5, 5.41) is 0. The van der Waals surface area contributed by atoms with Crippen molar-refractivity contribution in [3.63, 3.8) is 0 Å². The lowest BCUT2D eigenvalue weighted by atomic mass is 10.0. The average molecular weight is 833 g/mol. The first-order valence-electron chi connectivity index (χ1n) is 26.2. The highest BCUT2D eigenvalue weighted by molar-refractivity contribution is 5.71. The molecule has 0 radical (unpaired) electrons. The van der Waals surface area contributed by atoms with Crippen molar-refractivity contribution in [3.05, 3.63) is 12.2 Å². The molecule has 0 amide bonds. The highest BCUT2D eigenvalue weighted by Gasteiger charge is 2.19. The van der Waals surface area contributed by atoms with E-state index in [1.165, 1.54) is 193 Å². The van der Waals surface area contributed by atoms with Gasteiger partial charge < -0.3 is 14.2 Å². The third kappa shape index (κ3) is 47.1.